The van der Waals surface area contributed by atoms with E-state index in [-0.39, 0.29) is 12.1 Å². The van der Waals surface area contributed by atoms with Crippen molar-refractivity contribution in [3.63, 3.8) is 0 Å². The molecule has 0 radical (unpaired) electrons. The zero-order valence-corrected chi connectivity index (χ0v) is 9.83. The van der Waals surface area contributed by atoms with Gasteiger partial charge in [0.15, 0.2) is 0 Å². The molecule has 1 unspecified atom stereocenters. The molecule has 0 bridgehead atoms. The van der Waals surface area contributed by atoms with Gasteiger partial charge in [-0.1, -0.05) is 6.92 Å². The number of hydrogen-bond acceptors (Lipinski definition) is 4. The first-order valence-electron chi connectivity index (χ1n) is 5.64. The highest BCUT2D eigenvalue weighted by atomic mass is 32.1. The van der Waals surface area contributed by atoms with Crippen LogP contribution in [0.15, 0.2) is 11.6 Å². The summed E-state index contributed by atoms with van der Waals surface area (Å²) in [6.07, 6.45) is 5.85. The topological polar surface area (TPSA) is 45.1 Å². The van der Waals surface area contributed by atoms with E-state index >= 15 is 0 Å². The Hall–Kier alpha value is -0.450. The molecule has 0 aliphatic heterocycles. The summed E-state index contributed by atoms with van der Waals surface area (Å²) < 4.78 is 0. The van der Waals surface area contributed by atoms with Crippen molar-refractivity contribution >= 4 is 11.3 Å². The zero-order valence-electron chi connectivity index (χ0n) is 9.02. The first-order valence-corrected chi connectivity index (χ1v) is 6.52. The lowest BCUT2D eigenvalue weighted by atomic mass is 10.1. The van der Waals surface area contributed by atoms with Gasteiger partial charge in [0.25, 0.3) is 0 Å². The van der Waals surface area contributed by atoms with Crippen LogP contribution in [0.3, 0.4) is 0 Å². The Morgan fingerprint density at radius 2 is 2.53 bits per heavy atom. The van der Waals surface area contributed by atoms with Gasteiger partial charge in [0, 0.05) is 17.6 Å². The highest BCUT2D eigenvalue weighted by Crippen LogP contribution is 2.25. The van der Waals surface area contributed by atoms with Crippen molar-refractivity contribution in [3.8, 4) is 0 Å². The van der Waals surface area contributed by atoms with Crippen molar-refractivity contribution in [2.75, 3.05) is 0 Å². The van der Waals surface area contributed by atoms with Gasteiger partial charge in [0.2, 0.25) is 0 Å². The molecular weight excluding hydrogens is 208 g/mol. The second-order valence-electron chi connectivity index (χ2n) is 4.10. The van der Waals surface area contributed by atoms with Gasteiger partial charge in [0.1, 0.15) is 5.01 Å². The van der Waals surface area contributed by atoms with Gasteiger partial charge in [-0.05, 0) is 25.7 Å². The fraction of sp³-hybridized carbons (Fsp3) is 0.727. The van der Waals surface area contributed by atoms with Crippen LogP contribution < -0.4 is 5.32 Å². The summed E-state index contributed by atoms with van der Waals surface area (Å²) in [6.45, 7) is 2.15. The SMILES string of the molecule is CCC(N[C@H]1CCC[C@@H]1O)c1nccs1. The van der Waals surface area contributed by atoms with Crippen molar-refractivity contribution in [1.82, 2.24) is 10.3 Å². The first kappa shape index (κ1) is 11.0. The van der Waals surface area contributed by atoms with E-state index in [2.05, 4.69) is 17.2 Å². The van der Waals surface area contributed by atoms with Crippen LogP contribution in [0.2, 0.25) is 0 Å². The number of hydrogen-bond donors (Lipinski definition) is 2. The summed E-state index contributed by atoms with van der Waals surface area (Å²) in [6, 6.07) is 0.571. The van der Waals surface area contributed by atoms with E-state index in [0.717, 1.165) is 30.7 Å². The second kappa shape index (κ2) is 5.05. The fourth-order valence-corrected chi connectivity index (χ4v) is 2.95. The largest absolute Gasteiger partial charge is 0.392 e. The molecule has 1 aliphatic rings. The minimum Gasteiger partial charge on any atom is -0.392 e. The third kappa shape index (κ3) is 2.56. The molecule has 84 valence electrons. The highest BCUT2D eigenvalue weighted by molar-refractivity contribution is 7.09. The maximum absolute atomic E-state index is 9.75. The van der Waals surface area contributed by atoms with E-state index in [1.165, 1.54) is 0 Å². The van der Waals surface area contributed by atoms with Crippen molar-refractivity contribution in [1.29, 1.82) is 0 Å². The molecule has 2 rings (SSSR count). The summed E-state index contributed by atoms with van der Waals surface area (Å²) in [7, 11) is 0. The number of aromatic nitrogens is 1. The molecule has 0 amide bonds. The quantitative estimate of drug-likeness (QED) is 0.826. The van der Waals surface area contributed by atoms with E-state index in [0.29, 0.717) is 6.04 Å². The van der Waals surface area contributed by atoms with Crippen LogP contribution in [-0.4, -0.2) is 22.2 Å². The number of rotatable bonds is 4. The van der Waals surface area contributed by atoms with E-state index in [4.69, 9.17) is 0 Å². The molecule has 2 N–H and O–H groups in total. The minimum atomic E-state index is -0.168. The lowest BCUT2D eigenvalue weighted by Gasteiger charge is -2.22. The Bertz CT molecular complexity index is 289. The van der Waals surface area contributed by atoms with Crippen LogP contribution in [0.5, 0.6) is 0 Å². The maximum Gasteiger partial charge on any atom is 0.109 e. The van der Waals surface area contributed by atoms with Crippen LogP contribution >= 0.6 is 11.3 Å². The van der Waals surface area contributed by atoms with Crippen molar-refractivity contribution in [2.24, 2.45) is 0 Å². The first-order chi connectivity index (χ1) is 7.31. The van der Waals surface area contributed by atoms with E-state index in [1.807, 2.05) is 11.6 Å². The molecule has 4 heteroatoms. The minimum absolute atomic E-state index is 0.168. The van der Waals surface area contributed by atoms with Gasteiger partial charge in [-0.15, -0.1) is 11.3 Å². The second-order valence-corrected chi connectivity index (χ2v) is 5.03. The van der Waals surface area contributed by atoms with Crippen LogP contribution in [0, 0.1) is 0 Å². The molecule has 1 fully saturated rings. The summed E-state index contributed by atoms with van der Waals surface area (Å²) in [5, 5.41) is 16.4. The van der Waals surface area contributed by atoms with Crippen LogP contribution in [-0.2, 0) is 0 Å². The third-order valence-corrected chi connectivity index (χ3v) is 3.94. The maximum atomic E-state index is 9.75. The molecule has 15 heavy (non-hydrogen) atoms. The molecular formula is C11H18N2OS. The van der Waals surface area contributed by atoms with Gasteiger partial charge in [-0.3, -0.25) is 0 Å². The molecule has 0 saturated heterocycles. The van der Waals surface area contributed by atoms with Gasteiger partial charge >= 0.3 is 0 Å². The normalized spacial score (nSPS) is 28.1. The Morgan fingerprint density at radius 1 is 1.67 bits per heavy atom. The molecule has 3 atom stereocenters. The number of aliphatic hydroxyl groups excluding tert-OH is 1. The average molecular weight is 226 g/mol. The van der Waals surface area contributed by atoms with Gasteiger partial charge in [-0.25, -0.2) is 4.98 Å². The van der Waals surface area contributed by atoms with E-state index in [1.54, 1.807) is 11.3 Å². The van der Waals surface area contributed by atoms with Gasteiger partial charge in [0.05, 0.1) is 12.1 Å². The monoisotopic (exact) mass is 226 g/mol. The molecule has 1 aliphatic carbocycles. The summed E-state index contributed by atoms with van der Waals surface area (Å²) in [5.74, 6) is 0. The smallest absolute Gasteiger partial charge is 0.109 e. The highest BCUT2D eigenvalue weighted by Gasteiger charge is 2.27. The number of thiazole rings is 1. The number of nitrogens with one attached hydrogen (secondary N) is 1. The molecule has 1 heterocycles. The molecule has 0 spiro atoms. The van der Waals surface area contributed by atoms with Crippen molar-refractivity contribution in [2.45, 2.75) is 50.8 Å². The average Bonchev–Trinajstić information content (AvgIpc) is 2.86. The Kier molecular flexibility index (Phi) is 3.72. The van der Waals surface area contributed by atoms with Crippen LogP contribution in [0.4, 0.5) is 0 Å². The molecule has 1 saturated carbocycles. The van der Waals surface area contributed by atoms with E-state index in [9.17, 15) is 5.11 Å². The Balaban J connectivity index is 1.96. The third-order valence-electron chi connectivity index (χ3n) is 3.05. The lowest BCUT2D eigenvalue weighted by molar-refractivity contribution is 0.142. The Morgan fingerprint density at radius 3 is 3.07 bits per heavy atom. The van der Waals surface area contributed by atoms with Gasteiger partial charge < -0.3 is 10.4 Å². The summed E-state index contributed by atoms with van der Waals surface area (Å²) >= 11 is 1.68. The predicted molar refractivity (Wildman–Crippen MR) is 61.9 cm³/mol. The van der Waals surface area contributed by atoms with Crippen molar-refractivity contribution in [3.05, 3.63) is 16.6 Å². The Labute approximate surface area is 94.5 Å². The number of nitrogens with zero attached hydrogens (tertiary/aromatic N) is 1. The van der Waals surface area contributed by atoms with Crippen molar-refractivity contribution < 1.29 is 5.11 Å². The zero-order chi connectivity index (χ0) is 10.7. The van der Waals surface area contributed by atoms with E-state index < -0.39 is 0 Å². The molecule has 3 nitrogen and oxygen atoms in total. The van der Waals surface area contributed by atoms with Gasteiger partial charge in [-0.2, -0.15) is 0 Å². The summed E-state index contributed by atoms with van der Waals surface area (Å²) in [5.41, 5.74) is 0. The van der Waals surface area contributed by atoms with Crippen LogP contribution in [0.1, 0.15) is 43.7 Å². The summed E-state index contributed by atoms with van der Waals surface area (Å²) in [4.78, 5) is 4.33. The predicted octanol–water partition coefficient (Wildman–Crippen LogP) is 2.10. The molecule has 0 aromatic carbocycles. The molecule has 1 aromatic heterocycles. The number of aliphatic hydroxyl groups is 1. The fourth-order valence-electron chi connectivity index (χ4n) is 2.16. The molecule has 1 aromatic rings. The van der Waals surface area contributed by atoms with Crippen LogP contribution in [0.25, 0.3) is 0 Å². The lowest BCUT2D eigenvalue weighted by Crippen LogP contribution is -2.38. The standard InChI is InChI=1S/C11H18N2OS/c1-2-8(11-12-6-7-15-11)13-9-4-3-5-10(9)14/h6-10,13-14H,2-5H2,1H3/t8?,9-,10-/m0/s1.